The maximum atomic E-state index is 12.2. The molecule has 0 bridgehead atoms. The third-order valence-corrected chi connectivity index (χ3v) is 5.06. The Balaban J connectivity index is 1.45. The lowest BCUT2D eigenvalue weighted by atomic mass is 10.1. The van der Waals surface area contributed by atoms with Crippen LogP contribution in [0.15, 0.2) is 24.3 Å². The van der Waals surface area contributed by atoms with Crippen LogP contribution < -0.4 is 11.1 Å². The van der Waals surface area contributed by atoms with Gasteiger partial charge in [-0.15, -0.1) is 0 Å². The van der Waals surface area contributed by atoms with Crippen molar-refractivity contribution in [2.75, 3.05) is 18.5 Å². The first-order valence-corrected chi connectivity index (χ1v) is 9.10. The highest BCUT2D eigenvalue weighted by Crippen LogP contribution is 2.29. The molecule has 144 valence electrons. The van der Waals surface area contributed by atoms with Gasteiger partial charge in [0.05, 0.1) is 5.92 Å². The van der Waals surface area contributed by atoms with Crippen LogP contribution in [0.5, 0.6) is 0 Å². The Bertz CT molecular complexity index is 740. The number of amides is 3. The molecular weight excluding hydrogens is 350 g/mol. The SMILES string of the molecule is NC(=O)c1ccc(NC(=O)COC(=O)[C@@H]2CC(=O)N(C3CCCC3)C2)cc1. The van der Waals surface area contributed by atoms with Crippen LogP contribution in [0, 0.1) is 5.92 Å². The topological polar surface area (TPSA) is 119 Å². The zero-order valence-corrected chi connectivity index (χ0v) is 15.0. The zero-order chi connectivity index (χ0) is 19.4. The maximum Gasteiger partial charge on any atom is 0.311 e. The van der Waals surface area contributed by atoms with Gasteiger partial charge in [0, 0.05) is 30.3 Å². The molecule has 27 heavy (non-hydrogen) atoms. The molecule has 3 rings (SSSR count). The number of esters is 1. The van der Waals surface area contributed by atoms with E-state index in [9.17, 15) is 19.2 Å². The number of nitrogens with two attached hydrogens (primary N) is 1. The van der Waals surface area contributed by atoms with Gasteiger partial charge in [-0.1, -0.05) is 12.8 Å². The van der Waals surface area contributed by atoms with E-state index in [4.69, 9.17) is 10.5 Å². The van der Waals surface area contributed by atoms with Crippen molar-refractivity contribution in [1.29, 1.82) is 0 Å². The zero-order valence-electron chi connectivity index (χ0n) is 15.0. The van der Waals surface area contributed by atoms with Crippen molar-refractivity contribution in [3.63, 3.8) is 0 Å². The molecular formula is C19H23N3O5. The van der Waals surface area contributed by atoms with Crippen molar-refractivity contribution in [2.45, 2.75) is 38.1 Å². The Morgan fingerprint density at radius 3 is 2.44 bits per heavy atom. The largest absolute Gasteiger partial charge is 0.455 e. The normalized spacial score (nSPS) is 19.9. The molecule has 0 radical (unpaired) electrons. The number of carbonyl (C=O) groups is 4. The minimum absolute atomic E-state index is 0.0113. The fraction of sp³-hybridized carbons (Fsp3) is 0.474. The molecule has 1 aromatic carbocycles. The minimum Gasteiger partial charge on any atom is -0.455 e. The lowest BCUT2D eigenvalue weighted by Crippen LogP contribution is -2.35. The van der Waals surface area contributed by atoms with Gasteiger partial charge >= 0.3 is 5.97 Å². The standard InChI is InChI=1S/C19H23N3O5/c20-18(25)12-5-7-14(8-6-12)21-16(23)11-27-19(26)13-9-17(24)22(10-13)15-3-1-2-4-15/h5-8,13,15H,1-4,9-11H2,(H2,20,25)(H,21,23)/t13-/m1/s1. The summed E-state index contributed by atoms with van der Waals surface area (Å²) in [4.78, 5) is 49.1. The molecule has 3 amide bonds. The van der Waals surface area contributed by atoms with Gasteiger partial charge in [-0.25, -0.2) is 0 Å². The summed E-state index contributed by atoms with van der Waals surface area (Å²) in [5.41, 5.74) is 5.95. The second kappa shape index (κ2) is 8.20. The van der Waals surface area contributed by atoms with E-state index in [0.717, 1.165) is 25.7 Å². The van der Waals surface area contributed by atoms with Gasteiger partial charge < -0.3 is 20.7 Å². The first kappa shape index (κ1) is 18.9. The van der Waals surface area contributed by atoms with Crippen molar-refractivity contribution >= 4 is 29.4 Å². The lowest BCUT2D eigenvalue weighted by Gasteiger charge is -2.23. The third-order valence-electron chi connectivity index (χ3n) is 5.06. The molecule has 8 heteroatoms. The average molecular weight is 373 g/mol. The van der Waals surface area contributed by atoms with Crippen LogP contribution in [0.3, 0.4) is 0 Å². The molecule has 1 saturated heterocycles. The fourth-order valence-electron chi connectivity index (χ4n) is 3.63. The predicted octanol–water partition coefficient (Wildman–Crippen LogP) is 1.06. The van der Waals surface area contributed by atoms with E-state index >= 15 is 0 Å². The van der Waals surface area contributed by atoms with Crippen LogP contribution in [0.2, 0.25) is 0 Å². The quantitative estimate of drug-likeness (QED) is 0.723. The van der Waals surface area contributed by atoms with Gasteiger partial charge in [0.2, 0.25) is 11.8 Å². The Kier molecular flexibility index (Phi) is 5.73. The van der Waals surface area contributed by atoms with E-state index in [1.54, 1.807) is 4.90 Å². The van der Waals surface area contributed by atoms with E-state index in [1.807, 2.05) is 0 Å². The number of likely N-dealkylation sites (tertiary alicyclic amines) is 1. The fourth-order valence-corrected chi connectivity index (χ4v) is 3.63. The molecule has 0 unspecified atom stereocenters. The molecule has 1 aliphatic heterocycles. The Morgan fingerprint density at radius 1 is 1.15 bits per heavy atom. The van der Waals surface area contributed by atoms with E-state index in [0.29, 0.717) is 17.8 Å². The van der Waals surface area contributed by atoms with E-state index < -0.39 is 30.3 Å². The first-order chi connectivity index (χ1) is 12.9. The minimum atomic E-state index is -0.556. The summed E-state index contributed by atoms with van der Waals surface area (Å²) in [7, 11) is 0. The van der Waals surface area contributed by atoms with Crippen molar-refractivity contribution < 1.29 is 23.9 Å². The van der Waals surface area contributed by atoms with E-state index in [2.05, 4.69) is 5.32 Å². The molecule has 2 aliphatic rings. The molecule has 8 nitrogen and oxygen atoms in total. The number of nitrogens with one attached hydrogen (secondary N) is 1. The molecule has 1 saturated carbocycles. The monoisotopic (exact) mass is 373 g/mol. The Labute approximate surface area is 157 Å². The van der Waals surface area contributed by atoms with Gasteiger partial charge in [0.1, 0.15) is 0 Å². The second-order valence-corrected chi connectivity index (χ2v) is 6.98. The molecule has 3 N–H and O–H groups in total. The van der Waals surface area contributed by atoms with Crippen molar-refractivity contribution in [1.82, 2.24) is 4.90 Å². The van der Waals surface area contributed by atoms with Gasteiger partial charge in [-0.2, -0.15) is 0 Å². The Hall–Kier alpha value is -2.90. The summed E-state index contributed by atoms with van der Waals surface area (Å²) >= 11 is 0. The number of ether oxygens (including phenoxy) is 1. The highest BCUT2D eigenvalue weighted by molar-refractivity contribution is 5.96. The van der Waals surface area contributed by atoms with Crippen LogP contribution >= 0.6 is 0 Å². The number of rotatable bonds is 6. The van der Waals surface area contributed by atoms with Crippen LogP contribution in [-0.2, 0) is 19.1 Å². The summed E-state index contributed by atoms with van der Waals surface area (Å²) in [6, 6.07) is 6.29. The van der Waals surface area contributed by atoms with Gasteiger partial charge in [-0.3, -0.25) is 19.2 Å². The number of carbonyl (C=O) groups excluding carboxylic acids is 4. The summed E-state index contributed by atoms with van der Waals surface area (Å²) in [6.07, 6.45) is 4.36. The number of benzene rings is 1. The summed E-state index contributed by atoms with van der Waals surface area (Å²) in [5.74, 6) is -2.10. The highest BCUT2D eigenvalue weighted by atomic mass is 16.5. The van der Waals surface area contributed by atoms with Gasteiger partial charge in [0.25, 0.3) is 5.91 Å². The summed E-state index contributed by atoms with van der Waals surface area (Å²) in [5, 5.41) is 2.57. The highest BCUT2D eigenvalue weighted by Gasteiger charge is 2.39. The number of anilines is 1. The first-order valence-electron chi connectivity index (χ1n) is 9.10. The molecule has 1 atom stereocenters. The molecule has 1 aliphatic carbocycles. The van der Waals surface area contributed by atoms with E-state index in [1.165, 1.54) is 24.3 Å². The molecule has 1 heterocycles. The van der Waals surface area contributed by atoms with E-state index in [-0.39, 0.29) is 18.4 Å². The van der Waals surface area contributed by atoms with Gasteiger partial charge in [0.15, 0.2) is 6.61 Å². The van der Waals surface area contributed by atoms with Crippen LogP contribution in [0.1, 0.15) is 42.5 Å². The van der Waals surface area contributed by atoms with Crippen LogP contribution in [-0.4, -0.2) is 47.8 Å². The molecule has 2 fully saturated rings. The smallest absolute Gasteiger partial charge is 0.311 e. The maximum absolute atomic E-state index is 12.2. The van der Waals surface area contributed by atoms with Crippen molar-refractivity contribution in [3.8, 4) is 0 Å². The Morgan fingerprint density at radius 2 is 1.81 bits per heavy atom. The van der Waals surface area contributed by atoms with Crippen molar-refractivity contribution in [2.24, 2.45) is 11.7 Å². The summed E-state index contributed by atoms with van der Waals surface area (Å²) in [6.45, 7) is -0.0525. The van der Waals surface area contributed by atoms with Crippen molar-refractivity contribution in [3.05, 3.63) is 29.8 Å². The molecule has 1 aromatic rings. The number of hydrogen-bond acceptors (Lipinski definition) is 5. The summed E-state index contributed by atoms with van der Waals surface area (Å²) < 4.78 is 5.08. The third kappa shape index (κ3) is 4.64. The van der Waals surface area contributed by atoms with Gasteiger partial charge in [-0.05, 0) is 37.1 Å². The molecule has 0 spiro atoms. The number of primary amides is 1. The average Bonchev–Trinajstić information content (AvgIpc) is 3.29. The lowest BCUT2D eigenvalue weighted by molar-refractivity contribution is -0.151. The number of hydrogen-bond donors (Lipinski definition) is 2. The number of nitrogens with zero attached hydrogens (tertiary/aromatic N) is 1. The van der Waals surface area contributed by atoms with Crippen LogP contribution in [0.4, 0.5) is 5.69 Å². The second-order valence-electron chi connectivity index (χ2n) is 6.98. The predicted molar refractivity (Wildman–Crippen MR) is 96.6 cm³/mol. The molecule has 0 aromatic heterocycles. The van der Waals surface area contributed by atoms with Crippen LogP contribution in [0.25, 0.3) is 0 Å².